The van der Waals surface area contributed by atoms with Crippen LogP contribution >= 0.6 is 45.9 Å². The van der Waals surface area contributed by atoms with Gasteiger partial charge in [0.1, 0.15) is 17.5 Å². The maximum Gasteiger partial charge on any atom is 0.335 e. The summed E-state index contributed by atoms with van der Waals surface area (Å²) in [5.41, 5.74) is 1.76. The molecule has 3 atom stereocenters. The first-order chi connectivity index (χ1) is 35.3. The Bertz CT molecular complexity index is 3250. The number of piperidine rings is 1. The van der Waals surface area contributed by atoms with Crippen molar-refractivity contribution in [2.45, 2.75) is 57.2 Å². The summed E-state index contributed by atoms with van der Waals surface area (Å²) in [5, 5.41) is 50.7. The number of nitrogens with zero attached hydrogens (tertiary/aromatic N) is 9. The monoisotopic (exact) mass is 1080 g/mol. The van der Waals surface area contributed by atoms with E-state index >= 15 is 0 Å². The number of aromatic nitrogens is 4. The molecule has 0 saturated carbocycles. The number of amides is 3. The number of carbonyl (C=O) groups excluding carboxylic acids is 5. The second-order valence-electron chi connectivity index (χ2n) is 17.9. The van der Waals surface area contributed by atoms with Crippen LogP contribution in [0.15, 0.2) is 72.8 Å². The number of rotatable bonds is 12. The highest BCUT2D eigenvalue weighted by molar-refractivity contribution is 7.16. The van der Waals surface area contributed by atoms with Crippen LogP contribution < -0.4 is 15.1 Å². The van der Waals surface area contributed by atoms with E-state index in [9.17, 15) is 54.1 Å². The molecule has 24 heteroatoms. The number of hydrogen-bond acceptors (Lipinski definition) is 16. The van der Waals surface area contributed by atoms with Crippen LogP contribution in [0.2, 0.25) is 8.67 Å². The molecule has 2 aromatic carbocycles. The molecule has 3 unspecified atom stereocenters. The number of nitriles is 1. The van der Waals surface area contributed by atoms with Gasteiger partial charge in [-0.25, -0.2) is 14.4 Å². The molecule has 0 spiro atoms. The average Bonchev–Trinajstić information content (AvgIpc) is 4.26. The molecule has 3 fully saturated rings. The Morgan fingerprint density at radius 2 is 1.32 bits per heavy atom. The Labute approximate surface area is 441 Å². The van der Waals surface area contributed by atoms with Crippen LogP contribution in [0.3, 0.4) is 0 Å². The molecule has 9 rings (SSSR count). The van der Waals surface area contributed by atoms with Crippen LogP contribution in [0.4, 0.5) is 16.4 Å². The lowest BCUT2D eigenvalue weighted by Gasteiger charge is -2.22. The molecule has 3 aliphatic heterocycles. The summed E-state index contributed by atoms with van der Waals surface area (Å²) in [6.07, 6.45) is 0.373. The van der Waals surface area contributed by atoms with E-state index in [0.29, 0.717) is 64.8 Å². The van der Waals surface area contributed by atoms with Crippen LogP contribution in [-0.2, 0) is 22.7 Å². The molecule has 7 heterocycles. The van der Waals surface area contributed by atoms with Gasteiger partial charge in [0.25, 0.3) is 11.8 Å². The predicted molar refractivity (Wildman–Crippen MR) is 275 cm³/mol. The standard InChI is InChI=1S/C27H28ClN5O6S.C23H20ClN5O4S/c1-15-23(18-11-22(35)32(12-18)27(39)31-9-8-19(34)13-31)29-33(24(15)30(2)14-20-6-7-21(28)40-20)25(36)16-4-3-5-17(10-16)26(37)38;1-28(12-15-5-6-19(24)34-15)21-17(10-25)20(16-7-8-26-11-18(16)30)27-29(21)22(31)13-3-2-4-14(9-13)23(32)33/h3-7,10,18-19,34H,8-9,11-14H2,1-2H3,(H,37,38);2-6,9,16,26H,7-8,11-12H2,1H3,(H,32,33). The fourth-order valence-corrected chi connectivity index (χ4v) is 11.5. The maximum atomic E-state index is 13.7. The zero-order valence-corrected chi connectivity index (χ0v) is 43.2. The highest BCUT2D eigenvalue weighted by Crippen LogP contribution is 2.37. The summed E-state index contributed by atoms with van der Waals surface area (Å²) in [7, 11) is 3.53. The summed E-state index contributed by atoms with van der Waals surface area (Å²) in [6, 6.07) is 20.3. The van der Waals surface area contributed by atoms with Crippen molar-refractivity contribution < 1.29 is 48.9 Å². The second-order valence-corrected chi connectivity index (χ2v) is 21.5. The van der Waals surface area contributed by atoms with Crippen molar-refractivity contribution in [1.29, 1.82) is 5.26 Å². The number of thiophene rings is 2. The lowest BCUT2D eigenvalue weighted by Crippen LogP contribution is -2.43. The number of aliphatic hydroxyl groups excluding tert-OH is 1. The van der Waals surface area contributed by atoms with Gasteiger partial charge in [0.05, 0.1) is 62.8 Å². The summed E-state index contributed by atoms with van der Waals surface area (Å²) in [5.74, 6) is -4.21. The minimum absolute atomic E-state index is 0.0272. The molecular weight excluding hydrogens is 1040 g/mol. The molecule has 4 N–H and O–H groups in total. The normalized spacial score (nSPS) is 17.4. The van der Waals surface area contributed by atoms with Gasteiger partial charge in [0.15, 0.2) is 11.6 Å². The number of aliphatic hydroxyl groups is 1. The van der Waals surface area contributed by atoms with Crippen LogP contribution in [0.25, 0.3) is 0 Å². The molecule has 20 nitrogen and oxygen atoms in total. The molecule has 74 heavy (non-hydrogen) atoms. The van der Waals surface area contributed by atoms with Gasteiger partial charge in [-0.2, -0.15) is 24.8 Å². The molecule has 6 aromatic rings. The number of Topliss-reactive ketones (excluding diaryl/α,β-unsaturated/α-hetero) is 1. The van der Waals surface area contributed by atoms with E-state index in [1.54, 1.807) is 24.1 Å². The third kappa shape index (κ3) is 11.3. The Morgan fingerprint density at radius 1 is 0.784 bits per heavy atom. The van der Waals surface area contributed by atoms with Crippen molar-refractivity contribution in [1.82, 2.24) is 34.7 Å². The molecule has 384 valence electrons. The van der Waals surface area contributed by atoms with Crippen LogP contribution in [0, 0.1) is 18.3 Å². The minimum atomic E-state index is -1.17. The van der Waals surface area contributed by atoms with Crippen molar-refractivity contribution in [3.63, 3.8) is 0 Å². The fourth-order valence-electron chi connectivity index (χ4n) is 9.25. The number of halogens is 2. The highest BCUT2D eigenvalue weighted by Gasteiger charge is 2.41. The predicted octanol–water partition coefficient (Wildman–Crippen LogP) is 6.57. The van der Waals surface area contributed by atoms with E-state index in [0.717, 1.165) is 14.4 Å². The van der Waals surface area contributed by atoms with Gasteiger partial charge >= 0.3 is 18.0 Å². The van der Waals surface area contributed by atoms with Crippen molar-refractivity contribution in [3.8, 4) is 6.07 Å². The van der Waals surface area contributed by atoms with Gasteiger partial charge in [0.2, 0.25) is 5.91 Å². The zero-order chi connectivity index (χ0) is 53.1. The van der Waals surface area contributed by atoms with Gasteiger partial charge in [-0.1, -0.05) is 35.3 Å². The Hall–Kier alpha value is -7.26. The van der Waals surface area contributed by atoms with Crippen LogP contribution in [-0.4, -0.2) is 139 Å². The lowest BCUT2D eigenvalue weighted by molar-refractivity contribution is -0.125. The minimum Gasteiger partial charge on any atom is -0.478 e. The number of aromatic carboxylic acids is 2. The van der Waals surface area contributed by atoms with Gasteiger partial charge in [-0.15, -0.1) is 22.7 Å². The largest absolute Gasteiger partial charge is 0.478 e. The number of likely N-dealkylation sites (tertiary alicyclic amines) is 2. The number of ketones is 1. The number of β-amino-alcohol motifs (C(OH)–C–C–N with tert-alkyl or cyclic N) is 1. The number of hydrogen-bond donors (Lipinski definition) is 4. The van der Waals surface area contributed by atoms with Gasteiger partial charge < -0.3 is 35.3 Å². The smallest absolute Gasteiger partial charge is 0.335 e. The quantitative estimate of drug-likeness (QED) is 0.101. The first kappa shape index (κ1) is 53.0. The lowest BCUT2D eigenvalue weighted by atomic mass is 9.91. The van der Waals surface area contributed by atoms with E-state index in [1.807, 2.05) is 31.0 Å². The molecule has 0 aliphatic carbocycles. The number of benzene rings is 2. The molecule has 3 amide bonds. The average molecular weight is 1080 g/mol. The number of carboxylic acid groups (broad SMARTS) is 2. The van der Waals surface area contributed by atoms with Gasteiger partial charge in [-0.05, 0) is 87.0 Å². The van der Waals surface area contributed by atoms with Gasteiger partial charge in [-0.3, -0.25) is 24.1 Å². The number of nitrogens with one attached hydrogen (secondary N) is 1. The molecule has 4 aromatic heterocycles. The third-order valence-corrected chi connectivity index (χ3v) is 15.2. The first-order valence-corrected chi connectivity index (χ1v) is 25.5. The molecular formula is C50H48Cl2N10O10S2. The number of anilines is 2. The number of imide groups is 1. The summed E-state index contributed by atoms with van der Waals surface area (Å²) >= 11 is 15.0. The SMILES string of the molecule is CN(Cc1ccc(Cl)s1)c1c(C#N)c(C2CCNCC2=O)nn1C(=O)c1cccc(C(=O)O)c1.Cc1c(C2CC(=O)N(C(=O)N3CCC(O)C3)C2)nn(C(=O)c2cccc(C(=O)O)c2)c1N(C)Cc1ccc(Cl)s1. The van der Waals surface area contributed by atoms with Crippen molar-refractivity contribution in [2.75, 3.05) is 56.6 Å². The summed E-state index contributed by atoms with van der Waals surface area (Å²) in [6.45, 7) is 4.02. The number of urea groups is 1. The van der Waals surface area contributed by atoms with Crippen molar-refractivity contribution in [2.24, 2.45) is 0 Å². The van der Waals surface area contributed by atoms with Crippen LogP contribution in [0.5, 0.6) is 0 Å². The molecule has 3 saturated heterocycles. The zero-order valence-electron chi connectivity index (χ0n) is 40.0. The second kappa shape index (κ2) is 22.5. The maximum absolute atomic E-state index is 13.7. The van der Waals surface area contributed by atoms with E-state index in [1.165, 1.54) is 85.7 Å². The van der Waals surface area contributed by atoms with E-state index < -0.39 is 47.7 Å². The fraction of sp³-hybridized carbons (Fsp3) is 0.320. The molecule has 3 aliphatic rings. The van der Waals surface area contributed by atoms with E-state index in [2.05, 4.69) is 21.6 Å². The Kier molecular flexibility index (Phi) is 16.1. The summed E-state index contributed by atoms with van der Waals surface area (Å²) in [4.78, 5) is 96.8. The van der Waals surface area contributed by atoms with Gasteiger partial charge in [0, 0.05) is 72.5 Å². The highest BCUT2D eigenvalue weighted by atomic mass is 35.5. The number of carboxylic acids is 2. The third-order valence-electron chi connectivity index (χ3n) is 12.8. The van der Waals surface area contributed by atoms with E-state index in [4.69, 9.17) is 23.2 Å². The summed E-state index contributed by atoms with van der Waals surface area (Å²) < 4.78 is 3.59. The van der Waals surface area contributed by atoms with Crippen LogP contribution in [0.1, 0.15) is 105 Å². The first-order valence-electron chi connectivity index (χ1n) is 23.1. The van der Waals surface area contributed by atoms with Crippen molar-refractivity contribution >= 4 is 99.0 Å². The molecule has 0 bridgehead atoms. The Morgan fingerprint density at radius 3 is 1.82 bits per heavy atom. The van der Waals surface area contributed by atoms with E-state index in [-0.39, 0.29) is 77.1 Å². The van der Waals surface area contributed by atoms with Crippen molar-refractivity contribution in [3.05, 3.63) is 136 Å². The topological polar surface area (TPSA) is 265 Å². The Balaban J connectivity index is 0.000000200. The molecule has 0 radical (unpaired) electrons. The number of carbonyl (C=O) groups is 7.